The van der Waals surface area contributed by atoms with E-state index in [2.05, 4.69) is 195 Å². The zero-order chi connectivity index (χ0) is 34.1. The minimum atomic E-state index is -0.0627. The molecule has 8 aromatic carbocycles. The van der Waals surface area contributed by atoms with E-state index in [-0.39, 0.29) is 5.41 Å². The Bertz CT molecular complexity index is 2750. The highest BCUT2D eigenvalue weighted by Crippen LogP contribution is 2.51. The topological polar surface area (TPSA) is 16.4 Å². The molecule has 9 aromatic rings. The Morgan fingerprint density at radius 1 is 0.451 bits per heavy atom. The molecule has 1 aliphatic rings. The highest BCUT2D eigenvalue weighted by atomic mass is 16.3. The van der Waals surface area contributed by atoms with Gasteiger partial charge in [0.25, 0.3) is 0 Å². The molecule has 0 spiro atoms. The lowest BCUT2D eigenvalue weighted by atomic mass is 9.82. The van der Waals surface area contributed by atoms with Gasteiger partial charge in [0.15, 0.2) is 5.58 Å². The molecule has 1 aromatic heterocycles. The van der Waals surface area contributed by atoms with Crippen LogP contribution in [0.25, 0.3) is 66.1 Å². The van der Waals surface area contributed by atoms with Crippen LogP contribution in [0.1, 0.15) is 25.0 Å². The Balaban J connectivity index is 1.14. The zero-order valence-electron chi connectivity index (χ0n) is 28.6. The van der Waals surface area contributed by atoms with Crippen LogP contribution in [0.15, 0.2) is 180 Å². The maximum atomic E-state index is 6.80. The van der Waals surface area contributed by atoms with Crippen molar-refractivity contribution in [2.75, 3.05) is 4.90 Å². The molecule has 0 bridgehead atoms. The summed E-state index contributed by atoms with van der Waals surface area (Å²) in [6, 6.07) is 63.5. The van der Waals surface area contributed by atoms with Crippen LogP contribution >= 0.6 is 0 Å². The molecule has 0 amide bonds. The van der Waals surface area contributed by atoms with Crippen LogP contribution in [0.4, 0.5) is 17.1 Å². The van der Waals surface area contributed by atoms with E-state index in [9.17, 15) is 0 Å². The molecule has 2 nitrogen and oxygen atoms in total. The fraction of sp³-hybridized carbons (Fsp3) is 0.0612. The minimum absolute atomic E-state index is 0.0627. The summed E-state index contributed by atoms with van der Waals surface area (Å²) in [6.45, 7) is 4.67. The van der Waals surface area contributed by atoms with Crippen LogP contribution in [0.2, 0.25) is 0 Å². The molecule has 0 saturated carbocycles. The first-order valence-corrected chi connectivity index (χ1v) is 17.7. The summed E-state index contributed by atoms with van der Waals surface area (Å²) < 4.78 is 6.80. The zero-order valence-corrected chi connectivity index (χ0v) is 28.6. The van der Waals surface area contributed by atoms with Gasteiger partial charge in [0, 0.05) is 27.6 Å². The van der Waals surface area contributed by atoms with Gasteiger partial charge in [0.1, 0.15) is 5.58 Å². The van der Waals surface area contributed by atoms with E-state index in [1.807, 2.05) is 0 Å². The smallest absolute Gasteiger partial charge is 0.159 e. The lowest BCUT2D eigenvalue weighted by Gasteiger charge is -2.27. The van der Waals surface area contributed by atoms with Crippen molar-refractivity contribution >= 4 is 49.8 Å². The predicted octanol–water partition coefficient (Wildman–Crippen LogP) is 13.8. The van der Waals surface area contributed by atoms with Crippen LogP contribution in [0.5, 0.6) is 0 Å². The fourth-order valence-electron chi connectivity index (χ4n) is 8.29. The molecular formula is C49H35NO. The van der Waals surface area contributed by atoms with E-state index in [4.69, 9.17) is 4.42 Å². The first-order chi connectivity index (χ1) is 25.0. The molecule has 0 radical (unpaired) electrons. The highest BCUT2D eigenvalue weighted by Gasteiger charge is 2.35. The van der Waals surface area contributed by atoms with Crippen molar-refractivity contribution < 1.29 is 4.42 Å². The summed E-state index contributed by atoms with van der Waals surface area (Å²) in [5.41, 5.74) is 15.0. The van der Waals surface area contributed by atoms with Crippen molar-refractivity contribution in [2.45, 2.75) is 19.3 Å². The van der Waals surface area contributed by atoms with Crippen LogP contribution < -0.4 is 4.90 Å². The average molecular weight is 654 g/mol. The number of benzene rings is 8. The summed E-state index contributed by atoms with van der Waals surface area (Å²) in [4.78, 5) is 2.36. The lowest BCUT2D eigenvalue weighted by Crippen LogP contribution is -2.15. The third-order valence-corrected chi connectivity index (χ3v) is 10.9. The van der Waals surface area contributed by atoms with Crippen LogP contribution in [-0.4, -0.2) is 0 Å². The second-order valence-corrected chi connectivity index (χ2v) is 14.1. The van der Waals surface area contributed by atoms with Gasteiger partial charge in [-0.25, -0.2) is 0 Å². The maximum Gasteiger partial charge on any atom is 0.159 e. The summed E-state index contributed by atoms with van der Waals surface area (Å²) in [7, 11) is 0. The van der Waals surface area contributed by atoms with Gasteiger partial charge in [-0.2, -0.15) is 0 Å². The molecule has 242 valence electrons. The van der Waals surface area contributed by atoms with Gasteiger partial charge >= 0.3 is 0 Å². The van der Waals surface area contributed by atoms with Crippen LogP contribution in [-0.2, 0) is 5.41 Å². The van der Waals surface area contributed by atoms with Gasteiger partial charge in [-0.1, -0.05) is 153 Å². The molecular weight excluding hydrogens is 619 g/mol. The third-order valence-electron chi connectivity index (χ3n) is 10.9. The van der Waals surface area contributed by atoms with Crippen molar-refractivity contribution in [3.8, 4) is 33.4 Å². The number of hydrogen-bond donors (Lipinski definition) is 0. The SMILES string of the molecule is CC1(C)c2ccccc2-c2cc(N(c3ccc(-c4ccc(-c5ccccc5)cc4)cc3)c3cccc4c3oc3ccc5ccccc5c34)ccc21. The monoisotopic (exact) mass is 653 g/mol. The Morgan fingerprint density at radius 2 is 1.06 bits per heavy atom. The number of furan rings is 1. The molecule has 0 saturated heterocycles. The summed E-state index contributed by atoms with van der Waals surface area (Å²) >= 11 is 0. The van der Waals surface area contributed by atoms with Gasteiger partial charge in [-0.15, -0.1) is 0 Å². The minimum Gasteiger partial charge on any atom is -0.454 e. The van der Waals surface area contributed by atoms with E-state index < -0.39 is 0 Å². The van der Waals surface area contributed by atoms with Crippen LogP contribution in [0, 0.1) is 0 Å². The molecule has 0 atom stereocenters. The van der Waals surface area contributed by atoms with Gasteiger partial charge in [-0.3, -0.25) is 0 Å². The molecule has 1 heterocycles. The Labute approximate surface area is 297 Å². The number of para-hydroxylation sites is 1. The first-order valence-electron chi connectivity index (χ1n) is 17.7. The van der Waals surface area contributed by atoms with Gasteiger partial charge < -0.3 is 9.32 Å². The van der Waals surface area contributed by atoms with Gasteiger partial charge in [-0.05, 0) is 91.7 Å². The van der Waals surface area contributed by atoms with E-state index in [1.165, 1.54) is 55.3 Å². The van der Waals surface area contributed by atoms with Gasteiger partial charge in [0.05, 0.1) is 5.69 Å². The second kappa shape index (κ2) is 11.3. The molecule has 0 aliphatic heterocycles. The maximum absolute atomic E-state index is 6.80. The standard InChI is InChI=1S/C49H35NO/c1-49(2)43-17-9-8-15-40(43)42-31-38(28-29-44(42)49)50(37-26-23-35(24-27-37)34-21-19-33(20-22-34)32-11-4-3-5-12-32)45-18-10-16-41-47-39-14-7-6-13-36(39)25-30-46(47)51-48(41)45/h3-31H,1-2H3. The number of rotatable bonds is 5. The summed E-state index contributed by atoms with van der Waals surface area (Å²) in [5, 5.41) is 4.69. The molecule has 0 fully saturated rings. The number of nitrogens with zero attached hydrogens (tertiary/aromatic N) is 1. The lowest BCUT2D eigenvalue weighted by molar-refractivity contribution is 0.660. The number of anilines is 3. The summed E-state index contributed by atoms with van der Waals surface area (Å²) in [6.07, 6.45) is 0. The largest absolute Gasteiger partial charge is 0.454 e. The molecule has 0 N–H and O–H groups in total. The first kappa shape index (κ1) is 29.5. The molecule has 2 heteroatoms. The van der Waals surface area contributed by atoms with Crippen molar-refractivity contribution in [1.82, 2.24) is 0 Å². The van der Waals surface area contributed by atoms with Crippen molar-refractivity contribution in [3.63, 3.8) is 0 Å². The number of fused-ring (bicyclic) bond motifs is 8. The van der Waals surface area contributed by atoms with E-state index in [0.29, 0.717) is 0 Å². The second-order valence-electron chi connectivity index (χ2n) is 14.1. The normalized spacial score (nSPS) is 13.1. The van der Waals surface area contributed by atoms with Crippen molar-refractivity contribution in [3.05, 3.63) is 187 Å². The quantitative estimate of drug-likeness (QED) is 0.184. The Kier molecular flexibility index (Phi) is 6.56. The summed E-state index contributed by atoms with van der Waals surface area (Å²) in [5.74, 6) is 0. The van der Waals surface area contributed by atoms with E-state index >= 15 is 0 Å². The van der Waals surface area contributed by atoms with Crippen LogP contribution in [0.3, 0.4) is 0 Å². The van der Waals surface area contributed by atoms with Gasteiger partial charge in [0.2, 0.25) is 0 Å². The number of hydrogen-bond acceptors (Lipinski definition) is 2. The molecule has 0 unspecified atom stereocenters. The van der Waals surface area contributed by atoms with E-state index in [1.54, 1.807) is 0 Å². The fourth-order valence-corrected chi connectivity index (χ4v) is 8.29. The van der Waals surface area contributed by atoms with Crippen molar-refractivity contribution in [2.24, 2.45) is 0 Å². The predicted molar refractivity (Wildman–Crippen MR) is 214 cm³/mol. The molecule has 1 aliphatic carbocycles. The Morgan fingerprint density at radius 3 is 1.84 bits per heavy atom. The molecule has 51 heavy (non-hydrogen) atoms. The van der Waals surface area contributed by atoms with Crippen molar-refractivity contribution in [1.29, 1.82) is 0 Å². The average Bonchev–Trinajstić information content (AvgIpc) is 3.69. The van der Waals surface area contributed by atoms with E-state index in [0.717, 1.165) is 39.0 Å². The highest BCUT2D eigenvalue weighted by molar-refractivity contribution is 6.21. The molecule has 10 rings (SSSR count). The Hall–Kier alpha value is -6.38. The third kappa shape index (κ3) is 4.64.